The molecule has 6 nitrogen and oxygen atoms in total. The predicted octanol–water partition coefficient (Wildman–Crippen LogP) is 2.69. The summed E-state index contributed by atoms with van der Waals surface area (Å²) in [4.78, 5) is 14.2. The number of hydrogen-bond donors (Lipinski definition) is 1. The summed E-state index contributed by atoms with van der Waals surface area (Å²) in [5.41, 5.74) is 0. The first-order valence-corrected chi connectivity index (χ1v) is 10.5. The van der Waals surface area contributed by atoms with Gasteiger partial charge in [0.1, 0.15) is 5.75 Å². The standard InChI is InChI=1S/C19H21ClN2O4S/c20-17-8-4-5-9-18(17)26-14-19(23)22-12-10-15(11-13-22)21-27(24,25)16-6-2-1-3-7-16/h1-9,15,21H,10-14H2. The molecule has 3 rings (SSSR count). The average Bonchev–Trinajstić information content (AvgIpc) is 2.68. The van der Waals surface area contributed by atoms with E-state index in [1.165, 1.54) is 0 Å². The van der Waals surface area contributed by atoms with Gasteiger partial charge in [-0.1, -0.05) is 41.9 Å². The van der Waals surface area contributed by atoms with Gasteiger partial charge in [0.05, 0.1) is 9.92 Å². The summed E-state index contributed by atoms with van der Waals surface area (Å²) in [7, 11) is -3.54. The van der Waals surface area contributed by atoms with E-state index in [4.69, 9.17) is 16.3 Å². The van der Waals surface area contributed by atoms with E-state index in [0.29, 0.717) is 36.7 Å². The van der Waals surface area contributed by atoms with Crippen LogP contribution in [0.3, 0.4) is 0 Å². The number of likely N-dealkylation sites (tertiary alicyclic amines) is 1. The Morgan fingerprint density at radius 2 is 1.70 bits per heavy atom. The van der Waals surface area contributed by atoms with E-state index in [1.807, 2.05) is 0 Å². The lowest BCUT2D eigenvalue weighted by Gasteiger charge is -2.32. The zero-order valence-electron chi connectivity index (χ0n) is 14.7. The smallest absolute Gasteiger partial charge is 0.260 e. The van der Waals surface area contributed by atoms with Gasteiger partial charge in [-0.25, -0.2) is 13.1 Å². The molecule has 1 N–H and O–H groups in total. The number of ether oxygens (including phenoxy) is 1. The molecule has 1 aliphatic rings. The van der Waals surface area contributed by atoms with Crippen molar-refractivity contribution < 1.29 is 17.9 Å². The largest absolute Gasteiger partial charge is 0.482 e. The first kappa shape index (κ1) is 19.7. The van der Waals surface area contributed by atoms with E-state index in [1.54, 1.807) is 59.5 Å². The summed E-state index contributed by atoms with van der Waals surface area (Å²) in [6.45, 7) is 0.865. The van der Waals surface area contributed by atoms with E-state index in [9.17, 15) is 13.2 Å². The Bertz CT molecular complexity index is 882. The van der Waals surface area contributed by atoms with Gasteiger partial charge in [-0.15, -0.1) is 0 Å². The van der Waals surface area contributed by atoms with Crippen molar-refractivity contribution in [1.29, 1.82) is 0 Å². The summed E-state index contributed by atoms with van der Waals surface area (Å²) in [5, 5.41) is 0.458. The van der Waals surface area contributed by atoms with Crippen LogP contribution in [-0.2, 0) is 14.8 Å². The number of para-hydroxylation sites is 1. The Labute approximate surface area is 164 Å². The van der Waals surface area contributed by atoms with Crippen LogP contribution in [0.25, 0.3) is 0 Å². The van der Waals surface area contributed by atoms with Crippen LogP contribution in [0.4, 0.5) is 0 Å². The van der Waals surface area contributed by atoms with E-state index >= 15 is 0 Å². The number of carbonyl (C=O) groups excluding carboxylic acids is 1. The molecule has 2 aromatic carbocycles. The molecule has 0 aliphatic carbocycles. The molecule has 8 heteroatoms. The van der Waals surface area contributed by atoms with Gasteiger partial charge in [0, 0.05) is 19.1 Å². The Hall–Kier alpha value is -2.09. The van der Waals surface area contributed by atoms with Crippen LogP contribution in [0.15, 0.2) is 59.5 Å². The summed E-state index contributed by atoms with van der Waals surface area (Å²) in [6, 6.07) is 15.1. The van der Waals surface area contributed by atoms with Crippen molar-refractivity contribution >= 4 is 27.5 Å². The summed E-state index contributed by atoms with van der Waals surface area (Å²) in [5.74, 6) is 0.331. The fourth-order valence-electron chi connectivity index (χ4n) is 2.93. The monoisotopic (exact) mass is 408 g/mol. The highest BCUT2D eigenvalue weighted by atomic mass is 35.5. The minimum Gasteiger partial charge on any atom is -0.482 e. The first-order chi connectivity index (χ1) is 13.0. The maximum Gasteiger partial charge on any atom is 0.260 e. The van der Waals surface area contributed by atoms with Crippen LogP contribution in [0.2, 0.25) is 5.02 Å². The van der Waals surface area contributed by atoms with Crippen LogP contribution in [0.1, 0.15) is 12.8 Å². The minimum absolute atomic E-state index is 0.0931. The summed E-state index contributed by atoms with van der Waals surface area (Å²) >= 11 is 6.01. The van der Waals surface area contributed by atoms with Crippen LogP contribution in [0, 0.1) is 0 Å². The Kier molecular flexibility index (Phi) is 6.36. The molecule has 0 saturated carbocycles. The molecule has 0 spiro atoms. The maximum absolute atomic E-state index is 12.4. The lowest BCUT2D eigenvalue weighted by atomic mass is 10.1. The molecule has 1 fully saturated rings. The molecule has 0 bridgehead atoms. The van der Waals surface area contributed by atoms with Gasteiger partial charge in [0.15, 0.2) is 6.61 Å². The average molecular weight is 409 g/mol. The van der Waals surface area contributed by atoms with E-state index in [0.717, 1.165) is 0 Å². The first-order valence-electron chi connectivity index (χ1n) is 8.68. The third-order valence-corrected chi connectivity index (χ3v) is 6.26. The van der Waals surface area contributed by atoms with Gasteiger partial charge < -0.3 is 9.64 Å². The molecular formula is C19H21ClN2O4S. The number of rotatable bonds is 6. The van der Waals surface area contributed by atoms with Crippen molar-refractivity contribution in [2.24, 2.45) is 0 Å². The van der Waals surface area contributed by atoms with Crippen LogP contribution < -0.4 is 9.46 Å². The number of sulfonamides is 1. The zero-order valence-corrected chi connectivity index (χ0v) is 16.2. The highest BCUT2D eigenvalue weighted by Crippen LogP contribution is 2.23. The number of benzene rings is 2. The molecule has 1 aliphatic heterocycles. The van der Waals surface area contributed by atoms with Crippen molar-refractivity contribution in [3.05, 3.63) is 59.6 Å². The van der Waals surface area contributed by atoms with Gasteiger partial charge in [-0.05, 0) is 37.1 Å². The normalized spacial score (nSPS) is 15.5. The fourth-order valence-corrected chi connectivity index (χ4v) is 4.44. The van der Waals surface area contributed by atoms with E-state index in [-0.39, 0.29) is 23.5 Å². The van der Waals surface area contributed by atoms with E-state index < -0.39 is 10.0 Å². The lowest BCUT2D eigenvalue weighted by molar-refractivity contribution is -0.134. The molecule has 2 aromatic rings. The Morgan fingerprint density at radius 3 is 2.37 bits per heavy atom. The van der Waals surface area contributed by atoms with Crippen LogP contribution >= 0.6 is 11.6 Å². The third-order valence-electron chi connectivity index (χ3n) is 4.41. The van der Waals surface area contributed by atoms with Gasteiger partial charge in [0.25, 0.3) is 5.91 Å². The zero-order chi connectivity index (χ0) is 19.3. The second-order valence-electron chi connectivity index (χ2n) is 6.31. The molecule has 0 unspecified atom stereocenters. The highest BCUT2D eigenvalue weighted by molar-refractivity contribution is 7.89. The molecule has 0 atom stereocenters. The number of nitrogens with zero attached hydrogens (tertiary/aromatic N) is 1. The lowest BCUT2D eigenvalue weighted by Crippen LogP contribution is -2.47. The second-order valence-corrected chi connectivity index (χ2v) is 8.43. The molecular weight excluding hydrogens is 388 g/mol. The molecule has 0 aromatic heterocycles. The molecule has 0 radical (unpaired) electrons. The van der Waals surface area contributed by atoms with Crippen molar-refractivity contribution in [2.45, 2.75) is 23.8 Å². The molecule has 1 amide bonds. The van der Waals surface area contributed by atoms with Gasteiger partial charge in [-0.3, -0.25) is 4.79 Å². The van der Waals surface area contributed by atoms with Gasteiger partial charge in [0.2, 0.25) is 10.0 Å². The maximum atomic E-state index is 12.4. The minimum atomic E-state index is -3.54. The number of amides is 1. The van der Waals surface area contributed by atoms with Crippen molar-refractivity contribution in [1.82, 2.24) is 9.62 Å². The quantitative estimate of drug-likeness (QED) is 0.797. The van der Waals surface area contributed by atoms with Gasteiger partial charge in [-0.2, -0.15) is 0 Å². The number of piperidine rings is 1. The third kappa shape index (κ3) is 5.22. The fraction of sp³-hybridized carbons (Fsp3) is 0.316. The Balaban J connectivity index is 1.48. The molecule has 1 saturated heterocycles. The van der Waals surface area contributed by atoms with Crippen LogP contribution in [0.5, 0.6) is 5.75 Å². The van der Waals surface area contributed by atoms with Crippen molar-refractivity contribution in [3.8, 4) is 5.75 Å². The SMILES string of the molecule is O=C(COc1ccccc1Cl)N1CCC(NS(=O)(=O)c2ccccc2)CC1. The molecule has 27 heavy (non-hydrogen) atoms. The number of nitrogens with one attached hydrogen (secondary N) is 1. The van der Waals surface area contributed by atoms with Crippen molar-refractivity contribution in [2.75, 3.05) is 19.7 Å². The summed E-state index contributed by atoms with van der Waals surface area (Å²) < 4.78 is 33.0. The second kappa shape index (κ2) is 8.73. The topological polar surface area (TPSA) is 75.7 Å². The van der Waals surface area contributed by atoms with E-state index in [2.05, 4.69) is 4.72 Å². The molecule has 144 valence electrons. The number of carbonyl (C=O) groups is 1. The number of halogens is 1. The number of hydrogen-bond acceptors (Lipinski definition) is 4. The summed E-state index contributed by atoms with van der Waals surface area (Å²) in [6.07, 6.45) is 1.12. The van der Waals surface area contributed by atoms with Crippen molar-refractivity contribution in [3.63, 3.8) is 0 Å². The highest BCUT2D eigenvalue weighted by Gasteiger charge is 2.26. The molecule has 1 heterocycles. The Morgan fingerprint density at radius 1 is 1.07 bits per heavy atom. The van der Waals surface area contributed by atoms with Gasteiger partial charge >= 0.3 is 0 Å². The van der Waals surface area contributed by atoms with Crippen LogP contribution in [-0.4, -0.2) is 45.0 Å². The predicted molar refractivity (Wildman–Crippen MR) is 103 cm³/mol.